The quantitative estimate of drug-likeness (QED) is 0.560. The summed E-state index contributed by atoms with van der Waals surface area (Å²) in [6, 6.07) is 16.4. The van der Waals surface area contributed by atoms with Crippen molar-refractivity contribution in [2.24, 2.45) is 5.92 Å². The van der Waals surface area contributed by atoms with Crippen LogP contribution >= 0.6 is 11.3 Å². The van der Waals surface area contributed by atoms with Crippen LogP contribution in [0.25, 0.3) is 10.2 Å². The molecule has 3 aromatic rings. The third-order valence-electron chi connectivity index (χ3n) is 6.39. The molecule has 6 heteroatoms. The second kappa shape index (κ2) is 8.71. The fourth-order valence-electron chi connectivity index (χ4n) is 4.64. The second-order valence-electron chi connectivity index (χ2n) is 8.19. The molecule has 0 bridgehead atoms. The van der Waals surface area contributed by atoms with Crippen LogP contribution in [-0.4, -0.2) is 49.1 Å². The van der Waals surface area contributed by atoms with Gasteiger partial charge < -0.3 is 14.5 Å². The molecule has 1 saturated heterocycles. The van der Waals surface area contributed by atoms with E-state index in [1.165, 1.54) is 4.70 Å². The number of rotatable bonds is 4. The lowest BCUT2D eigenvalue weighted by Crippen LogP contribution is -2.51. The molecule has 1 aromatic heterocycles. The highest BCUT2D eigenvalue weighted by Gasteiger charge is 2.35. The van der Waals surface area contributed by atoms with Gasteiger partial charge in [0.2, 0.25) is 5.91 Å². The number of carbonyl (C=O) groups is 1. The highest BCUT2D eigenvalue weighted by Crippen LogP contribution is 2.39. The summed E-state index contributed by atoms with van der Waals surface area (Å²) in [6.45, 7) is 3.19. The number of methoxy groups -OCH3 is 1. The monoisotopic (exact) mass is 433 g/mol. The van der Waals surface area contributed by atoms with E-state index in [-0.39, 0.29) is 17.7 Å². The molecule has 2 aromatic carbocycles. The molecule has 0 N–H and O–H groups in total. The first-order chi connectivity index (χ1) is 15.2. The largest absolute Gasteiger partial charge is 0.497 e. The van der Waals surface area contributed by atoms with Crippen LogP contribution in [0.3, 0.4) is 0 Å². The average Bonchev–Trinajstić information content (AvgIpc) is 3.28. The van der Waals surface area contributed by atoms with Gasteiger partial charge in [0.05, 0.1) is 28.3 Å². The molecule has 5 nitrogen and oxygen atoms in total. The van der Waals surface area contributed by atoms with Gasteiger partial charge in [0.1, 0.15) is 5.75 Å². The first kappa shape index (κ1) is 20.1. The Morgan fingerprint density at radius 3 is 2.65 bits per heavy atom. The Kier molecular flexibility index (Phi) is 5.64. The van der Waals surface area contributed by atoms with Gasteiger partial charge in [-0.15, -0.1) is 11.3 Å². The summed E-state index contributed by atoms with van der Waals surface area (Å²) in [7, 11) is 1.69. The summed E-state index contributed by atoms with van der Waals surface area (Å²) < 4.78 is 6.56. The van der Waals surface area contributed by atoms with Crippen LogP contribution in [0.2, 0.25) is 0 Å². The van der Waals surface area contributed by atoms with E-state index >= 15 is 0 Å². The molecule has 2 heterocycles. The van der Waals surface area contributed by atoms with Crippen molar-refractivity contribution in [1.29, 1.82) is 0 Å². The van der Waals surface area contributed by atoms with E-state index in [2.05, 4.69) is 52.3 Å². The van der Waals surface area contributed by atoms with Crippen LogP contribution in [0.5, 0.6) is 5.75 Å². The van der Waals surface area contributed by atoms with E-state index in [1.54, 1.807) is 18.4 Å². The van der Waals surface area contributed by atoms with Gasteiger partial charge in [0.15, 0.2) is 0 Å². The first-order valence-corrected chi connectivity index (χ1v) is 11.7. The predicted molar refractivity (Wildman–Crippen MR) is 126 cm³/mol. The number of hydrogen-bond donors (Lipinski definition) is 0. The zero-order valence-electron chi connectivity index (χ0n) is 17.7. The molecule has 1 aliphatic carbocycles. The molecule has 1 amide bonds. The summed E-state index contributed by atoms with van der Waals surface area (Å²) in [5.74, 6) is 1.29. The molecule has 1 fully saturated rings. The van der Waals surface area contributed by atoms with Crippen molar-refractivity contribution in [3.05, 3.63) is 65.7 Å². The second-order valence-corrected chi connectivity index (χ2v) is 9.25. The Bertz CT molecular complexity index is 1070. The lowest BCUT2D eigenvalue weighted by atomic mass is 9.82. The van der Waals surface area contributed by atoms with Crippen molar-refractivity contribution in [2.75, 3.05) is 38.2 Å². The zero-order valence-corrected chi connectivity index (χ0v) is 18.6. The molecule has 2 atom stereocenters. The molecule has 2 aliphatic rings. The number of hydrogen-bond acceptors (Lipinski definition) is 5. The van der Waals surface area contributed by atoms with Crippen LogP contribution in [0.15, 0.2) is 60.7 Å². The number of ether oxygens (including phenoxy) is 1. The number of amides is 1. The number of aromatic nitrogens is 1. The normalized spacial score (nSPS) is 21.5. The van der Waals surface area contributed by atoms with Gasteiger partial charge in [-0.05, 0) is 37.1 Å². The predicted octanol–water partition coefficient (Wildman–Crippen LogP) is 4.70. The number of para-hydroxylation sites is 1. The van der Waals surface area contributed by atoms with Crippen LogP contribution < -0.4 is 9.64 Å². The molecule has 1 aliphatic heterocycles. The number of anilines is 1. The minimum absolute atomic E-state index is 0.0195. The van der Waals surface area contributed by atoms with Gasteiger partial charge in [-0.3, -0.25) is 4.79 Å². The van der Waals surface area contributed by atoms with Crippen molar-refractivity contribution in [3.63, 3.8) is 0 Å². The Hall–Kier alpha value is -2.86. The molecule has 0 unspecified atom stereocenters. The molecule has 31 heavy (non-hydrogen) atoms. The fraction of sp³-hybridized carbons (Fsp3) is 0.360. The van der Waals surface area contributed by atoms with Crippen molar-refractivity contribution in [3.8, 4) is 5.75 Å². The van der Waals surface area contributed by atoms with Gasteiger partial charge in [0, 0.05) is 43.9 Å². The number of piperazine rings is 1. The summed E-state index contributed by atoms with van der Waals surface area (Å²) in [5.41, 5.74) is 2.19. The highest BCUT2D eigenvalue weighted by atomic mass is 32.1. The first-order valence-electron chi connectivity index (χ1n) is 10.9. The molecule has 0 radical (unpaired) electrons. The van der Waals surface area contributed by atoms with Crippen molar-refractivity contribution in [2.45, 2.75) is 18.8 Å². The fourth-order valence-corrected chi connectivity index (χ4v) is 5.78. The van der Waals surface area contributed by atoms with Crippen LogP contribution in [0.1, 0.15) is 23.8 Å². The number of benzene rings is 2. The van der Waals surface area contributed by atoms with Crippen LogP contribution in [-0.2, 0) is 4.79 Å². The van der Waals surface area contributed by atoms with Gasteiger partial charge >= 0.3 is 0 Å². The SMILES string of the molecule is COc1cccc(N2CCN(C(=O)[C@@H]3CC=CC[C@@H]3c3nc4ccccc4s3)CC2)c1. The van der Waals surface area contributed by atoms with E-state index in [1.807, 2.05) is 18.2 Å². The van der Waals surface area contributed by atoms with Crippen LogP contribution in [0, 0.1) is 5.92 Å². The molecular weight excluding hydrogens is 406 g/mol. The minimum Gasteiger partial charge on any atom is -0.497 e. The van der Waals surface area contributed by atoms with Gasteiger partial charge in [-0.25, -0.2) is 4.98 Å². The lowest BCUT2D eigenvalue weighted by Gasteiger charge is -2.39. The molecular formula is C25H27N3O2S. The third-order valence-corrected chi connectivity index (χ3v) is 7.56. The van der Waals surface area contributed by atoms with E-state index in [0.29, 0.717) is 0 Å². The maximum Gasteiger partial charge on any atom is 0.226 e. The van der Waals surface area contributed by atoms with E-state index in [0.717, 1.165) is 61.0 Å². The number of thiazole rings is 1. The maximum absolute atomic E-state index is 13.5. The Morgan fingerprint density at radius 1 is 1.03 bits per heavy atom. The highest BCUT2D eigenvalue weighted by molar-refractivity contribution is 7.18. The lowest BCUT2D eigenvalue weighted by molar-refractivity contribution is -0.136. The van der Waals surface area contributed by atoms with Crippen molar-refractivity contribution < 1.29 is 9.53 Å². The zero-order chi connectivity index (χ0) is 21.2. The standard InChI is InChI=1S/C25H27N3O2S/c1-30-19-8-6-7-18(17-19)27-13-15-28(16-14-27)25(29)21-10-3-2-9-20(21)24-26-22-11-4-5-12-23(22)31-24/h2-8,11-12,17,20-21H,9-10,13-16H2,1H3/t20-,21+/m0/s1. The summed E-state index contributed by atoms with van der Waals surface area (Å²) >= 11 is 1.74. The molecule has 0 spiro atoms. The average molecular weight is 434 g/mol. The molecule has 160 valence electrons. The van der Waals surface area contributed by atoms with Gasteiger partial charge in [-0.2, -0.15) is 0 Å². The number of allylic oxidation sites excluding steroid dienone is 2. The van der Waals surface area contributed by atoms with Crippen molar-refractivity contribution >= 4 is 33.1 Å². The third kappa shape index (κ3) is 4.04. The topological polar surface area (TPSA) is 45.7 Å². The molecule has 5 rings (SSSR count). The number of fused-ring (bicyclic) bond motifs is 1. The smallest absolute Gasteiger partial charge is 0.226 e. The van der Waals surface area contributed by atoms with Gasteiger partial charge in [-0.1, -0.05) is 30.4 Å². The van der Waals surface area contributed by atoms with E-state index in [9.17, 15) is 4.79 Å². The van der Waals surface area contributed by atoms with Gasteiger partial charge in [0.25, 0.3) is 0 Å². The molecule has 0 saturated carbocycles. The number of nitrogens with zero attached hydrogens (tertiary/aromatic N) is 3. The van der Waals surface area contributed by atoms with Crippen LogP contribution in [0.4, 0.5) is 5.69 Å². The van der Waals surface area contributed by atoms with E-state index < -0.39 is 0 Å². The summed E-state index contributed by atoms with van der Waals surface area (Å²) in [4.78, 5) is 22.8. The van der Waals surface area contributed by atoms with E-state index in [4.69, 9.17) is 9.72 Å². The Balaban J connectivity index is 1.29. The van der Waals surface area contributed by atoms with Crippen molar-refractivity contribution in [1.82, 2.24) is 9.88 Å². The summed E-state index contributed by atoms with van der Waals surface area (Å²) in [6.07, 6.45) is 6.07. The summed E-state index contributed by atoms with van der Waals surface area (Å²) in [5, 5.41) is 1.10. The Labute approximate surface area is 187 Å². The maximum atomic E-state index is 13.5. The Morgan fingerprint density at radius 2 is 1.84 bits per heavy atom. The minimum atomic E-state index is -0.0195. The number of carbonyl (C=O) groups excluding carboxylic acids is 1.